The monoisotopic (exact) mass is 265 g/mol. The first-order valence-corrected chi connectivity index (χ1v) is 8.18. The van der Waals surface area contributed by atoms with E-state index in [1.165, 1.54) is 44.9 Å². The van der Waals surface area contributed by atoms with Crippen molar-refractivity contribution in [2.45, 2.75) is 82.8 Å². The Kier molecular flexibility index (Phi) is 3.72. The van der Waals surface area contributed by atoms with E-state index in [1.54, 1.807) is 0 Å². The van der Waals surface area contributed by atoms with E-state index in [0.29, 0.717) is 6.04 Å². The Morgan fingerprint density at radius 2 is 1.74 bits per heavy atom. The van der Waals surface area contributed by atoms with E-state index >= 15 is 0 Å². The Hall–Kier alpha value is -0.730. The highest BCUT2D eigenvalue weighted by atomic mass is 16.6. The second-order valence-electron chi connectivity index (χ2n) is 6.97. The number of fused-ring (bicyclic) bond motifs is 1. The van der Waals surface area contributed by atoms with E-state index in [-0.39, 0.29) is 11.7 Å². The van der Waals surface area contributed by atoms with Crippen molar-refractivity contribution in [2.75, 3.05) is 6.54 Å². The summed E-state index contributed by atoms with van der Waals surface area (Å²) >= 11 is 0. The molecule has 0 spiro atoms. The summed E-state index contributed by atoms with van der Waals surface area (Å²) in [6.45, 7) is 3.02. The zero-order valence-electron chi connectivity index (χ0n) is 12.2. The summed E-state index contributed by atoms with van der Waals surface area (Å²) < 4.78 is 5.87. The molecule has 1 saturated heterocycles. The predicted molar refractivity (Wildman–Crippen MR) is 75.0 cm³/mol. The number of amides is 1. The van der Waals surface area contributed by atoms with Crippen LogP contribution < -0.4 is 0 Å². The minimum Gasteiger partial charge on any atom is -0.443 e. The van der Waals surface area contributed by atoms with Gasteiger partial charge in [0.25, 0.3) is 0 Å². The van der Waals surface area contributed by atoms with Gasteiger partial charge in [0.05, 0.1) is 0 Å². The Morgan fingerprint density at radius 1 is 1.05 bits per heavy atom. The molecule has 2 saturated carbocycles. The molecule has 1 amide bonds. The molecule has 3 aliphatic rings. The van der Waals surface area contributed by atoms with Crippen molar-refractivity contribution in [3.05, 3.63) is 0 Å². The van der Waals surface area contributed by atoms with Crippen LogP contribution in [0, 0.1) is 5.92 Å². The predicted octanol–water partition coefficient (Wildman–Crippen LogP) is 4.11. The van der Waals surface area contributed by atoms with Gasteiger partial charge in [-0.3, -0.25) is 0 Å². The molecule has 0 bridgehead atoms. The van der Waals surface area contributed by atoms with Crippen molar-refractivity contribution in [3.8, 4) is 0 Å². The maximum Gasteiger partial charge on any atom is 0.410 e. The van der Waals surface area contributed by atoms with Gasteiger partial charge in [0, 0.05) is 12.6 Å². The lowest BCUT2D eigenvalue weighted by molar-refractivity contribution is -0.0200. The van der Waals surface area contributed by atoms with Crippen LogP contribution in [0.15, 0.2) is 0 Å². The Balaban J connectivity index is 1.64. The number of carbonyl (C=O) groups is 1. The lowest BCUT2D eigenvalue weighted by Gasteiger charge is -2.44. The molecule has 2 unspecified atom stereocenters. The van der Waals surface area contributed by atoms with Gasteiger partial charge in [-0.2, -0.15) is 0 Å². The quantitative estimate of drug-likeness (QED) is 0.714. The summed E-state index contributed by atoms with van der Waals surface area (Å²) in [6.07, 6.45) is 12.1. The summed E-state index contributed by atoms with van der Waals surface area (Å²) in [4.78, 5) is 14.6. The molecule has 3 fully saturated rings. The summed E-state index contributed by atoms with van der Waals surface area (Å²) in [5.41, 5.74) is -0.182. The van der Waals surface area contributed by atoms with E-state index in [0.717, 1.165) is 31.7 Å². The Morgan fingerprint density at radius 3 is 2.53 bits per heavy atom. The first-order valence-electron chi connectivity index (χ1n) is 8.18. The first kappa shape index (κ1) is 13.3. The molecule has 0 aromatic heterocycles. The van der Waals surface area contributed by atoms with Crippen LogP contribution in [0.25, 0.3) is 0 Å². The highest BCUT2D eigenvalue weighted by molar-refractivity contribution is 5.69. The van der Waals surface area contributed by atoms with Crippen molar-refractivity contribution in [2.24, 2.45) is 5.92 Å². The second-order valence-corrected chi connectivity index (χ2v) is 6.97. The number of ether oxygens (including phenoxy) is 1. The summed E-state index contributed by atoms with van der Waals surface area (Å²) in [5, 5.41) is 0. The molecule has 108 valence electrons. The molecular weight excluding hydrogens is 238 g/mol. The highest BCUT2D eigenvalue weighted by Crippen LogP contribution is 2.37. The number of piperidine rings is 1. The van der Waals surface area contributed by atoms with Crippen LogP contribution in [0.2, 0.25) is 0 Å². The number of hydrogen-bond acceptors (Lipinski definition) is 2. The minimum atomic E-state index is -0.182. The van der Waals surface area contributed by atoms with Crippen molar-refractivity contribution >= 4 is 6.09 Å². The lowest BCUT2D eigenvalue weighted by atomic mass is 9.78. The SMILES string of the molecule is CC1(OC(=O)N2CCCC3CCCCC32)CCCC1. The molecule has 2 atom stereocenters. The molecule has 1 heterocycles. The molecule has 0 aromatic carbocycles. The Bertz CT molecular complexity index is 334. The fraction of sp³-hybridized carbons (Fsp3) is 0.938. The van der Waals surface area contributed by atoms with Gasteiger partial charge in [-0.15, -0.1) is 0 Å². The third-order valence-electron chi connectivity index (χ3n) is 5.47. The Labute approximate surface area is 116 Å². The van der Waals surface area contributed by atoms with Gasteiger partial charge < -0.3 is 9.64 Å². The maximum atomic E-state index is 12.5. The van der Waals surface area contributed by atoms with Gasteiger partial charge in [-0.1, -0.05) is 12.8 Å². The zero-order chi connectivity index (χ0) is 13.3. The molecule has 2 aliphatic carbocycles. The van der Waals surface area contributed by atoms with Gasteiger partial charge in [-0.25, -0.2) is 4.79 Å². The fourth-order valence-corrected chi connectivity index (χ4v) is 4.35. The van der Waals surface area contributed by atoms with Crippen molar-refractivity contribution in [1.29, 1.82) is 0 Å². The van der Waals surface area contributed by atoms with Crippen LogP contribution in [-0.2, 0) is 4.74 Å². The number of carbonyl (C=O) groups excluding carboxylic acids is 1. The average Bonchev–Trinajstić information content (AvgIpc) is 2.84. The van der Waals surface area contributed by atoms with E-state index in [1.807, 2.05) is 0 Å². The van der Waals surface area contributed by atoms with E-state index < -0.39 is 0 Å². The number of nitrogens with zero attached hydrogens (tertiary/aromatic N) is 1. The first-order chi connectivity index (χ1) is 9.18. The van der Waals surface area contributed by atoms with Gasteiger partial charge in [-0.05, 0) is 64.2 Å². The minimum absolute atomic E-state index is 0.0269. The van der Waals surface area contributed by atoms with Crippen molar-refractivity contribution in [3.63, 3.8) is 0 Å². The molecule has 1 aliphatic heterocycles. The third-order valence-corrected chi connectivity index (χ3v) is 5.47. The van der Waals surface area contributed by atoms with Crippen LogP contribution >= 0.6 is 0 Å². The van der Waals surface area contributed by atoms with Gasteiger partial charge in [0.15, 0.2) is 0 Å². The molecule has 0 N–H and O–H groups in total. The number of rotatable bonds is 1. The second kappa shape index (κ2) is 5.34. The average molecular weight is 265 g/mol. The molecule has 0 radical (unpaired) electrons. The van der Waals surface area contributed by atoms with Crippen molar-refractivity contribution < 1.29 is 9.53 Å². The largest absolute Gasteiger partial charge is 0.443 e. The molecule has 3 heteroatoms. The van der Waals surface area contributed by atoms with Gasteiger partial charge >= 0.3 is 6.09 Å². The molecule has 3 rings (SSSR count). The zero-order valence-corrected chi connectivity index (χ0v) is 12.2. The molecular formula is C16H27NO2. The lowest BCUT2D eigenvalue weighted by Crippen LogP contribution is -2.51. The summed E-state index contributed by atoms with van der Waals surface area (Å²) in [6, 6.07) is 0.472. The van der Waals surface area contributed by atoms with Crippen LogP contribution in [0.3, 0.4) is 0 Å². The van der Waals surface area contributed by atoms with E-state index in [9.17, 15) is 4.79 Å². The highest BCUT2D eigenvalue weighted by Gasteiger charge is 2.40. The number of likely N-dealkylation sites (tertiary alicyclic amines) is 1. The van der Waals surface area contributed by atoms with E-state index in [4.69, 9.17) is 4.74 Å². The smallest absolute Gasteiger partial charge is 0.410 e. The normalized spacial score (nSPS) is 33.8. The van der Waals surface area contributed by atoms with Crippen molar-refractivity contribution in [1.82, 2.24) is 4.90 Å². The summed E-state index contributed by atoms with van der Waals surface area (Å²) in [5.74, 6) is 0.742. The topological polar surface area (TPSA) is 29.5 Å². The van der Waals surface area contributed by atoms with Gasteiger partial charge in [0.1, 0.15) is 5.60 Å². The van der Waals surface area contributed by atoms with Crippen LogP contribution in [0.4, 0.5) is 4.79 Å². The maximum absolute atomic E-state index is 12.5. The van der Waals surface area contributed by atoms with Crippen LogP contribution in [0.1, 0.15) is 71.1 Å². The standard InChI is InChI=1S/C16H27NO2/c1-16(10-4-5-11-16)19-15(18)17-12-6-8-13-7-2-3-9-14(13)17/h13-14H,2-12H2,1H3. The fourth-order valence-electron chi connectivity index (χ4n) is 4.35. The summed E-state index contributed by atoms with van der Waals surface area (Å²) in [7, 11) is 0. The number of hydrogen-bond donors (Lipinski definition) is 0. The molecule has 3 nitrogen and oxygen atoms in total. The van der Waals surface area contributed by atoms with Crippen LogP contribution in [0.5, 0.6) is 0 Å². The third kappa shape index (κ3) is 2.75. The van der Waals surface area contributed by atoms with Gasteiger partial charge in [0.2, 0.25) is 0 Å². The molecule has 0 aromatic rings. The van der Waals surface area contributed by atoms with E-state index in [2.05, 4.69) is 11.8 Å². The van der Waals surface area contributed by atoms with Crippen LogP contribution in [-0.4, -0.2) is 29.2 Å². The molecule has 19 heavy (non-hydrogen) atoms.